The Balaban J connectivity index is 4.69. The van der Waals surface area contributed by atoms with Crippen LogP contribution in [0.1, 0.15) is 27.2 Å². The van der Waals surface area contributed by atoms with Gasteiger partial charge in [0.2, 0.25) is 5.54 Å². The monoisotopic (exact) mass is 203 g/mol. The Bertz CT molecular complexity index is 257. The fourth-order valence-corrected chi connectivity index (χ4v) is 0.979. The van der Waals surface area contributed by atoms with Crippen molar-refractivity contribution in [3.63, 3.8) is 0 Å². The number of hydrogen-bond acceptors (Lipinski definition) is 4. The summed E-state index contributed by atoms with van der Waals surface area (Å²) < 4.78 is 0. The Morgan fingerprint density at radius 2 is 1.93 bits per heavy atom. The first-order valence-corrected chi connectivity index (χ1v) is 4.06. The number of ketones is 1. The fourth-order valence-electron chi connectivity index (χ4n) is 0.979. The van der Waals surface area contributed by atoms with Crippen molar-refractivity contribution >= 4 is 11.8 Å². The highest BCUT2D eigenvalue weighted by molar-refractivity contribution is 5.96. The molecule has 0 saturated heterocycles. The number of rotatable bonds is 5. The SMILES string of the molecule is CC(=O)C(CC(C)(C)[N+](=O)[O-])C(=O)O. The summed E-state index contributed by atoms with van der Waals surface area (Å²) in [5.74, 6) is -3.17. The summed E-state index contributed by atoms with van der Waals surface area (Å²) in [6.07, 6.45) is -0.287. The molecule has 0 rings (SSSR count). The minimum Gasteiger partial charge on any atom is -0.481 e. The van der Waals surface area contributed by atoms with E-state index in [4.69, 9.17) is 5.11 Å². The molecular formula is C8H13NO5. The molecule has 0 aromatic carbocycles. The topological polar surface area (TPSA) is 97.5 Å². The lowest BCUT2D eigenvalue weighted by atomic mass is 9.89. The van der Waals surface area contributed by atoms with E-state index in [1.54, 1.807) is 0 Å². The first-order valence-electron chi connectivity index (χ1n) is 4.06. The predicted octanol–water partition coefficient (Wildman–Crippen LogP) is 0.722. The third-order valence-corrected chi connectivity index (χ3v) is 1.99. The van der Waals surface area contributed by atoms with E-state index in [9.17, 15) is 19.7 Å². The molecule has 0 aromatic heterocycles. The molecule has 0 aliphatic carbocycles. The Hall–Kier alpha value is -1.46. The van der Waals surface area contributed by atoms with Crippen molar-refractivity contribution in [1.82, 2.24) is 0 Å². The fraction of sp³-hybridized carbons (Fsp3) is 0.750. The predicted molar refractivity (Wildman–Crippen MR) is 47.5 cm³/mol. The summed E-state index contributed by atoms with van der Waals surface area (Å²) >= 11 is 0. The maximum atomic E-state index is 10.9. The molecule has 0 amide bonds. The van der Waals surface area contributed by atoms with Crippen LogP contribution in [0.15, 0.2) is 0 Å². The number of carbonyl (C=O) groups is 2. The van der Waals surface area contributed by atoms with Gasteiger partial charge >= 0.3 is 5.97 Å². The average molecular weight is 203 g/mol. The quantitative estimate of drug-likeness (QED) is 0.403. The van der Waals surface area contributed by atoms with Gasteiger partial charge in [0.05, 0.1) is 0 Å². The molecule has 0 fully saturated rings. The van der Waals surface area contributed by atoms with E-state index in [1.807, 2.05) is 0 Å². The summed E-state index contributed by atoms with van der Waals surface area (Å²) in [5.41, 5.74) is -1.39. The van der Waals surface area contributed by atoms with Crippen molar-refractivity contribution in [3.05, 3.63) is 10.1 Å². The maximum absolute atomic E-state index is 10.9. The minimum absolute atomic E-state index is 0.287. The second kappa shape index (κ2) is 4.17. The summed E-state index contributed by atoms with van der Waals surface area (Å²) in [6, 6.07) is 0. The lowest BCUT2D eigenvalue weighted by Crippen LogP contribution is -2.37. The summed E-state index contributed by atoms with van der Waals surface area (Å²) in [5, 5.41) is 19.1. The molecule has 0 spiro atoms. The van der Waals surface area contributed by atoms with Crippen LogP contribution in [0.4, 0.5) is 0 Å². The van der Waals surface area contributed by atoms with Crippen molar-refractivity contribution in [2.24, 2.45) is 5.92 Å². The minimum atomic E-state index is -1.39. The van der Waals surface area contributed by atoms with Crippen molar-refractivity contribution in [2.75, 3.05) is 0 Å². The van der Waals surface area contributed by atoms with Crippen molar-refractivity contribution in [1.29, 1.82) is 0 Å². The molecule has 0 aliphatic heterocycles. The van der Waals surface area contributed by atoms with Crippen LogP contribution >= 0.6 is 0 Å². The molecular weight excluding hydrogens is 190 g/mol. The van der Waals surface area contributed by atoms with Crippen LogP contribution in [0.3, 0.4) is 0 Å². The third kappa shape index (κ3) is 3.12. The lowest BCUT2D eigenvalue weighted by Gasteiger charge is -2.18. The number of Topliss-reactive ketones (excluding diaryl/α,β-unsaturated/α-hetero) is 1. The number of nitrogens with zero attached hydrogens (tertiary/aromatic N) is 1. The van der Waals surface area contributed by atoms with Gasteiger partial charge < -0.3 is 5.11 Å². The molecule has 80 valence electrons. The average Bonchev–Trinajstić information content (AvgIpc) is 1.98. The van der Waals surface area contributed by atoms with Gasteiger partial charge in [-0.15, -0.1) is 0 Å². The van der Waals surface area contributed by atoms with Crippen molar-refractivity contribution in [3.8, 4) is 0 Å². The third-order valence-electron chi connectivity index (χ3n) is 1.99. The van der Waals surface area contributed by atoms with Gasteiger partial charge in [0.25, 0.3) is 0 Å². The zero-order chi connectivity index (χ0) is 11.5. The number of carboxylic acids is 1. The van der Waals surface area contributed by atoms with Crippen LogP contribution in [0.25, 0.3) is 0 Å². The molecule has 14 heavy (non-hydrogen) atoms. The highest BCUT2D eigenvalue weighted by atomic mass is 16.6. The van der Waals surface area contributed by atoms with E-state index in [1.165, 1.54) is 13.8 Å². The Kier molecular flexibility index (Phi) is 3.73. The van der Waals surface area contributed by atoms with Crippen LogP contribution in [0.5, 0.6) is 0 Å². The largest absolute Gasteiger partial charge is 0.481 e. The van der Waals surface area contributed by atoms with Crippen LogP contribution in [0, 0.1) is 16.0 Å². The molecule has 1 atom stereocenters. The molecule has 6 heteroatoms. The summed E-state index contributed by atoms with van der Waals surface area (Å²) in [4.78, 5) is 31.4. The van der Waals surface area contributed by atoms with E-state index < -0.39 is 28.1 Å². The van der Waals surface area contributed by atoms with Gasteiger partial charge in [-0.05, 0) is 6.92 Å². The zero-order valence-corrected chi connectivity index (χ0v) is 8.31. The number of hydrogen-bond donors (Lipinski definition) is 1. The van der Waals surface area contributed by atoms with E-state index in [0.29, 0.717) is 0 Å². The Labute approximate surface area is 81.1 Å². The molecule has 1 N–H and O–H groups in total. The van der Waals surface area contributed by atoms with Crippen molar-refractivity contribution < 1.29 is 19.6 Å². The Morgan fingerprint density at radius 3 is 2.14 bits per heavy atom. The molecule has 0 heterocycles. The number of carboxylic acid groups (broad SMARTS) is 1. The normalized spacial score (nSPS) is 13.4. The molecule has 0 radical (unpaired) electrons. The molecule has 1 unspecified atom stereocenters. The molecule has 0 aliphatic rings. The van der Waals surface area contributed by atoms with Crippen LogP contribution in [0.2, 0.25) is 0 Å². The van der Waals surface area contributed by atoms with Gasteiger partial charge in [0, 0.05) is 25.2 Å². The van der Waals surface area contributed by atoms with Gasteiger partial charge in [-0.1, -0.05) is 0 Å². The van der Waals surface area contributed by atoms with Gasteiger partial charge in [-0.3, -0.25) is 19.7 Å². The standard InChI is InChI=1S/C8H13NO5/c1-5(10)6(7(11)12)4-8(2,3)9(13)14/h6H,4H2,1-3H3,(H,11,12). The Morgan fingerprint density at radius 1 is 1.50 bits per heavy atom. The van der Waals surface area contributed by atoms with E-state index in [2.05, 4.69) is 0 Å². The van der Waals surface area contributed by atoms with E-state index in [0.717, 1.165) is 6.92 Å². The summed E-state index contributed by atoms with van der Waals surface area (Å²) in [7, 11) is 0. The number of carbonyl (C=O) groups excluding carboxylic acids is 1. The van der Waals surface area contributed by atoms with Gasteiger partial charge in [-0.25, -0.2) is 0 Å². The first-order chi connectivity index (χ1) is 6.18. The van der Waals surface area contributed by atoms with Gasteiger partial charge in [0.15, 0.2) is 0 Å². The highest BCUT2D eigenvalue weighted by Crippen LogP contribution is 2.20. The zero-order valence-electron chi connectivity index (χ0n) is 8.31. The summed E-state index contributed by atoms with van der Waals surface area (Å²) in [6.45, 7) is 3.71. The van der Waals surface area contributed by atoms with Gasteiger partial charge in [0.1, 0.15) is 11.7 Å². The first kappa shape index (κ1) is 12.5. The second-order valence-electron chi connectivity index (χ2n) is 3.78. The molecule has 0 aromatic rings. The second-order valence-corrected chi connectivity index (χ2v) is 3.78. The van der Waals surface area contributed by atoms with Crippen LogP contribution in [-0.4, -0.2) is 27.3 Å². The van der Waals surface area contributed by atoms with E-state index in [-0.39, 0.29) is 6.42 Å². The smallest absolute Gasteiger partial charge is 0.314 e. The number of aliphatic carboxylic acids is 1. The molecule has 6 nitrogen and oxygen atoms in total. The maximum Gasteiger partial charge on any atom is 0.314 e. The highest BCUT2D eigenvalue weighted by Gasteiger charge is 2.38. The van der Waals surface area contributed by atoms with Crippen LogP contribution < -0.4 is 0 Å². The number of nitro groups is 1. The molecule has 0 bridgehead atoms. The lowest BCUT2D eigenvalue weighted by molar-refractivity contribution is -0.562. The van der Waals surface area contributed by atoms with Crippen molar-refractivity contribution in [2.45, 2.75) is 32.7 Å². The van der Waals surface area contributed by atoms with Gasteiger partial charge in [-0.2, -0.15) is 0 Å². The van der Waals surface area contributed by atoms with Crippen LogP contribution in [-0.2, 0) is 9.59 Å². The molecule has 0 saturated carbocycles. The van der Waals surface area contributed by atoms with E-state index >= 15 is 0 Å².